The molecule has 0 spiro atoms. The van der Waals surface area contributed by atoms with Crippen LogP contribution in [0.5, 0.6) is 0 Å². The summed E-state index contributed by atoms with van der Waals surface area (Å²) >= 11 is 5.72. The Hall–Kier alpha value is -0.960. The summed E-state index contributed by atoms with van der Waals surface area (Å²) < 4.78 is 0. The number of anilines is 2. The van der Waals surface area contributed by atoms with Crippen molar-refractivity contribution in [2.45, 2.75) is 6.92 Å². The molecule has 0 aliphatic carbocycles. The highest BCUT2D eigenvalue weighted by Gasteiger charge is 2.04. The van der Waals surface area contributed by atoms with E-state index in [1.54, 1.807) is 13.2 Å². The first-order chi connectivity index (χ1) is 5.16. The number of rotatable bonds is 1. The fraction of sp³-hybridized carbons (Fsp3) is 0.286. The number of nitrogens with zero attached hydrogens (tertiary/aromatic N) is 1. The van der Waals surface area contributed by atoms with Crippen LogP contribution >= 0.6 is 11.6 Å². The van der Waals surface area contributed by atoms with Crippen LogP contribution in [0.3, 0.4) is 0 Å². The topological polar surface area (TPSA) is 50.9 Å². The Bertz CT molecular complexity index is 273. The van der Waals surface area contributed by atoms with Crippen LogP contribution in [0.2, 0.25) is 5.15 Å². The van der Waals surface area contributed by atoms with Crippen molar-refractivity contribution >= 4 is 23.0 Å². The van der Waals surface area contributed by atoms with Crippen molar-refractivity contribution < 1.29 is 0 Å². The predicted octanol–water partition coefficient (Wildman–Crippen LogP) is 1.67. The summed E-state index contributed by atoms with van der Waals surface area (Å²) in [4.78, 5) is 3.93. The van der Waals surface area contributed by atoms with Crippen LogP contribution in [0.1, 0.15) is 5.56 Å². The third-order valence-corrected chi connectivity index (χ3v) is 1.96. The van der Waals surface area contributed by atoms with E-state index in [2.05, 4.69) is 10.3 Å². The van der Waals surface area contributed by atoms with Gasteiger partial charge in [0.1, 0.15) is 5.15 Å². The molecule has 0 radical (unpaired) electrons. The number of nitrogens with two attached hydrogens (primary N) is 1. The van der Waals surface area contributed by atoms with E-state index in [4.69, 9.17) is 17.3 Å². The molecule has 0 aliphatic heterocycles. The number of halogens is 1. The highest BCUT2D eigenvalue weighted by Crippen LogP contribution is 2.25. The summed E-state index contributed by atoms with van der Waals surface area (Å²) in [7, 11) is 1.79. The fourth-order valence-corrected chi connectivity index (χ4v) is 0.951. The molecule has 0 amide bonds. The van der Waals surface area contributed by atoms with Gasteiger partial charge in [0.15, 0.2) is 0 Å². The van der Waals surface area contributed by atoms with Gasteiger partial charge < -0.3 is 11.1 Å². The number of nitrogens with one attached hydrogen (secondary N) is 1. The van der Waals surface area contributed by atoms with Gasteiger partial charge in [-0.3, -0.25) is 0 Å². The summed E-state index contributed by atoms with van der Waals surface area (Å²) in [6.07, 6.45) is 1.62. The van der Waals surface area contributed by atoms with Crippen LogP contribution in [-0.2, 0) is 0 Å². The van der Waals surface area contributed by atoms with Crippen LogP contribution in [0, 0.1) is 6.92 Å². The highest BCUT2D eigenvalue weighted by molar-refractivity contribution is 6.30. The van der Waals surface area contributed by atoms with E-state index in [1.807, 2.05) is 6.92 Å². The standard InChI is InChI=1S/C7H10ClN3/c1-4-6(9)5(10-2)3-11-7(4)8/h3,10H,1-2H3,(H2,9,11). The van der Waals surface area contributed by atoms with Gasteiger partial charge in [0, 0.05) is 12.6 Å². The molecule has 1 heterocycles. The molecule has 3 N–H and O–H groups in total. The Morgan fingerprint density at radius 2 is 2.27 bits per heavy atom. The molecule has 60 valence electrons. The first-order valence-corrected chi connectivity index (χ1v) is 3.63. The lowest BCUT2D eigenvalue weighted by atomic mass is 10.2. The molecule has 0 saturated heterocycles. The van der Waals surface area contributed by atoms with E-state index in [0.29, 0.717) is 10.8 Å². The van der Waals surface area contributed by atoms with Gasteiger partial charge in [-0.2, -0.15) is 0 Å². The Labute approximate surface area is 70.6 Å². The molecule has 1 aromatic heterocycles. The number of hydrogen-bond acceptors (Lipinski definition) is 3. The van der Waals surface area contributed by atoms with Crippen molar-refractivity contribution in [1.29, 1.82) is 0 Å². The highest BCUT2D eigenvalue weighted by atomic mass is 35.5. The summed E-state index contributed by atoms with van der Waals surface area (Å²) in [5.74, 6) is 0. The molecule has 0 aromatic carbocycles. The number of pyridine rings is 1. The van der Waals surface area contributed by atoms with Gasteiger partial charge in [0.25, 0.3) is 0 Å². The molecule has 1 rings (SSSR count). The zero-order valence-corrected chi connectivity index (χ0v) is 7.24. The second-order valence-corrected chi connectivity index (χ2v) is 2.61. The minimum Gasteiger partial charge on any atom is -0.397 e. The van der Waals surface area contributed by atoms with Crippen molar-refractivity contribution in [2.24, 2.45) is 0 Å². The largest absolute Gasteiger partial charge is 0.397 e. The average Bonchev–Trinajstić information content (AvgIpc) is 2.01. The Morgan fingerprint density at radius 3 is 2.82 bits per heavy atom. The van der Waals surface area contributed by atoms with Gasteiger partial charge in [-0.25, -0.2) is 4.98 Å². The lowest BCUT2D eigenvalue weighted by Gasteiger charge is -2.07. The third-order valence-electron chi connectivity index (χ3n) is 1.58. The maximum atomic E-state index is 5.72. The van der Waals surface area contributed by atoms with Crippen LogP contribution in [0.4, 0.5) is 11.4 Å². The summed E-state index contributed by atoms with van der Waals surface area (Å²) in [5, 5.41) is 3.38. The Balaban J connectivity index is 3.25. The fourth-order valence-electron chi connectivity index (χ4n) is 0.800. The monoisotopic (exact) mass is 171 g/mol. The zero-order chi connectivity index (χ0) is 8.43. The van der Waals surface area contributed by atoms with Crippen molar-refractivity contribution in [2.75, 3.05) is 18.1 Å². The van der Waals surface area contributed by atoms with Crippen molar-refractivity contribution in [3.05, 3.63) is 16.9 Å². The number of hydrogen-bond donors (Lipinski definition) is 2. The molecule has 1 aromatic rings. The Kier molecular flexibility index (Phi) is 2.19. The summed E-state index contributed by atoms with van der Waals surface area (Å²) in [6.45, 7) is 1.84. The van der Waals surface area contributed by atoms with Crippen LogP contribution in [0.15, 0.2) is 6.20 Å². The molecule has 0 saturated carbocycles. The molecular formula is C7H10ClN3. The number of aromatic nitrogens is 1. The van der Waals surface area contributed by atoms with Crippen LogP contribution in [0.25, 0.3) is 0 Å². The molecular weight excluding hydrogens is 162 g/mol. The quantitative estimate of drug-likeness (QED) is 0.632. The minimum atomic E-state index is 0.460. The molecule has 3 nitrogen and oxygen atoms in total. The Morgan fingerprint density at radius 1 is 1.64 bits per heavy atom. The van der Waals surface area contributed by atoms with Gasteiger partial charge in [0.05, 0.1) is 17.6 Å². The van der Waals surface area contributed by atoms with Gasteiger partial charge >= 0.3 is 0 Å². The first-order valence-electron chi connectivity index (χ1n) is 3.25. The van der Waals surface area contributed by atoms with E-state index in [9.17, 15) is 0 Å². The van der Waals surface area contributed by atoms with E-state index in [1.165, 1.54) is 0 Å². The maximum absolute atomic E-state index is 5.72. The van der Waals surface area contributed by atoms with E-state index in [0.717, 1.165) is 11.3 Å². The molecule has 11 heavy (non-hydrogen) atoms. The van der Waals surface area contributed by atoms with Gasteiger partial charge in [-0.15, -0.1) is 0 Å². The van der Waals surface area contributed by atoms with Gasteiger partial charge in [0.2, 0.25) is 0 Å². The van der Waals surface area contributed by atoms with Gasteiger partial charge in [-0.05, 0) is 6.92 Å². The average molecular weight is 172 g/mol. The van der Waals surface area contributed by atoms with Crippen molar-refractivity contribution in [1.82, 2.24) is 4.98 Å². The molecule has 0 aliphatic rings. The van der Waals surface area contributed by atoms with Gasteiger partial charge in [-0.1, -0.05) is 11.6 Å². The second kappa shape index (κ2) is 2.96. The molecule has 0 unspecified atom stereocenters. The lowest BCUT2D eigenvalue weighted by Crippen LogP contribution is -1.99. The molecule has 0 atom stereocenters. The predicted molar refractivity (Wildman–Crippen MR) is 47.9 cm³/mol. The SMILES string of the molecule is CNc1cnc(Cl)c(C)c1N. The summed E-state index contributed by atoms with van der Waals surface area (Å²) in [6, 6.07) is 0. The van der Waals surface area contributed by atoms with Crippen LogP contribution in [-0.4, -0.2) is 12.0 Å². The zero-order valence-electron chi connectivity index (χ0n) is 6.48. The van der Waals surface area contributed by atoms with E-state index < -0.39 is 0 Å². The normalized spacial score (nSPS) is 9.73. The smallest absolute Gasteiger partial charge is 0.134 e. The summed E-state index contributed by atoms with van der Waals surface area (Å²) in [5.41, 5.74) is 8.00. The molecule has 0 fully saturated rings. The molecule has 0 bridgehead atoms. The minimum absolute atomic E-state index is 0.460. The molecule has 4 heteroatoms. The second-order valence-electron chi connectivity index (χ2n) is 2.25. The van der Waals surface area contributed by atoms with E-state index >= 15 is 0 Å². The van der Waals surface area contributed by atoms with Crippen molar-refractivity contribution in [3.63, 3.8) is 0 Å². The van der Waals surface area contributed by atoms with Crippen molar-refractivity contribution in [3.8, 4) is 0 Å². The first kappa shape index (κ1) is 8.14. The lowest BCUT2D eigenvalue weighted by molar-refractivity contribution is 1.26. The maximum Gasteiger partial charge on any atom is 0.134 e. The third kappa shape index (κ3) is 1.38. The van der Waals surface area contributed by atoms with Crippen LogP contribution < -0.4 is 11.1 Å². The van der Waals surface area contributed by atoms with E-state index in [-0.39, 0.29) is 0 Å². The number of nitrogen functional groups attached to an aromatic ring is 1.